The van der Waals surface area contributed by atoms with Gasteiger partial charge in [-0.1, -0.05) is 12.1 Å². The second-order valence-corrected chi connectivity index (χ2v) is 5.91. The normalized spacial score (nSPS) is 18.6. The molecule has 0 aromatic carbocycles. The number of H-pyrrole nitrogens is 1. The second kappa shape index (κ2) is 6.34. The molecule has 118 valence electrons. The summed E-state index contributed by atoms with van der Waals surface area (Å²) >= 11 is 0. The Morgan fingerprint density at radius 2 is 2.36 bits per heavy atom. The van der Waals surface area contributed by atoms with Gasteiger partial charge in [-0.05, 0) is 38.2 Å². The largest absolute Gasteiger partial charge is 0.361 e. The number of aromatic amines is 1. The Morgan fingerprint density at radius 1 is 1.50 bits per heavy atom. The minimum absolute atomic E-state index is 0.0510. The molecule has 0 bridgehead atoms. The minimum Gasteiger partial charge on any atom is -0.361 e. The lowest BCUT2D eigenvalue weighted by Gasteiger charge is -2.35. The average Bonchev–Trinajstić information content (AvgIpc) is 3.16. The molecule has 1 fully saturated rings. The van der Waals surface area contributed by atoms with Gasteiger partial charge in [-0.15, -0.1) is 0 Å². The predicted octanol–water partition coefficient (Wildman–Crippen LogP) is 3.03. The average molecular weight is 302 g/mol. The SMILES string of the molecule is CCCc1cc(C(=O)N2CCCCC2c2[nH]ncc2C)no1. The monoisotopic (exact) mass is 302 g/mol. The van der Waals surface area contributed by atoms with E-state index in [0.29, 0.717) is 5.69 Å². The smallest absolute Gasteiger partial charge is 0.276 e. The molecule has 1 aliphatic heterocycles. The number of aryl methyl sites for hydroxylation is 2. The molecular formula is C16H22N4O2. The molecule has 1 N–H and O–H groups in total. The first-order valence-electron chi connectivity index (χ1n) is 7.97. The van der Waals surface area contributed by atoms with Crippen molar-refractivity contribution in [3.05, 3.63) is 35.0 Å². The zero-order valence-corrected chi connectivity index (χ0v) is 13.1. The van der Waals surface area contributed by atoms with Crippen LogP contribution in [0.2, 0.25) is 0 Å². The quantitative estimate of drug-likeness (QED) is 0.942. The van der Waals surface area contributed by atoms with Crippen LogP contribution >= 0.6 is 0 Å². The van der Waals surface area contributed by atoms with E-state index in [0.717, 1.165) is 55.7 Å². The van der Waals surface area contributed by atoms with Crippen LogP contribution in [0.15, 0.2) is 16.8 Å². The molecule has 2 aromatic heterocycles. The van der Waals surface area contributed by atoms with Gasteiger partial charge in [0.25, 0.3) is 5.91 Å². The molecular weight excluding hydrogens is 280 g/mol. The van der Waals surface area contributed by atoms with Crippen LogP contribution in [0.3, 0.4) is 0 Å². The summed E-state index contributed by atoms with van der Waals surface area (Å²) in [5.74, 6) is 0.724. The molecule has 1 aliphatic rings. The van der Waals surface area contributed by atoms with Crippen molar-refractivity contribution < 1.29 is 9.32 Å². The highest BCUT2D eigenvalue weighted by atomic mass is 16.5. The number of carbonyl (C=O) groups is 1. The Kier molecular flexibility index (Phi) is 4.27. The van der Waals surface area contributed by atoms with E-state index in [-0.39, 0.29) is 11.9 Å². The Hall–Kier alpha value is -2.11. The van der Waals surface area contributed by atoms with Gasteiger partial charge in [-0.3, -0.25) is 9.89 Å². The maximum atomic E-state index is 12.8. The number of nitrogens with zero attached hydrogens (tertiary/aromatic N) is 3. The van der Waals surface area contributed by atoms with Crippen LogP contribution in [0, 0.1) is 6.92 Å². The van der Waals surface area contributed by atoms with E-state index in [1.807, 2.05) is 18.0 Å². The fraction of sp³-hybridized carbons (Fsp3) is 0.562. The van der Waals surface area contributed by atoms with Gasteiger partial charge in [0.15, 0.2) is 5.69 Å². The molecule has 0 spiro atoms. The van der Waals surface area contributed by atoms with Crippen molar-refractivity contribution in [2.24, 2.45) is 0 Å². The highest BCUT2D eigenvalue weighted by Gasteiger charge is 2.32. The molecule has 0 aliphatic carbocycles. The predicted molar refractivity (Wildman–Crippen MR) is 81.5 cm³/mol. The lowest BCUT2D eigenvalue weighted by Crippen LogP contribution is -2.39. The van der Waals surface area contributed by atoms with Crippen LogP contribution in [-0.2, 0) is 6.42 Å². The van der Waals surface area contributed by atoms with Crippen molar-refractivity contribution in [2.45, 2.75) is 52.0 Å². The van der Waals surface area contributed by atoms with E-state index in [4.69, 9.17) is 4.52 Å². The van der Waals surface area contributed by atoms with Gasteiger partial charge >= 0.3 is 0 Å². The van der Waals surface area contributed by atoms with Gasteiger partial charge in [0.1, 0.15) is 5.76 Å². The van der Waals surface area contributed by atoms with Crippen molar-refractivity contribution in [3.8, 4) is 0 Å². The number of rotatable bonds is 4. The summed E-state index contributed by atoms with van der Waals surface area (Å²) in [4.78, 5) is 14.7. The van der Waals surface area contributed by atoms with Gasteiger partial charge in [0.2, 0.25) is 0 Å². The lowest BCUT2D eigenvalue weighted by molar-refractivity contribution is 0.0594. The maximum absolute atomic E-state index is 12.8. The molecule has 1 amide bonds. The molecule has 3 rings (SSSR count). The number of nitrogens with one attached hydrogen (secondary N) is 1. The summed E-state index contributed by atoms with van der Waals surface area (Å²) in [6.07, 6.45) is 6.68. The van der Waals surface area contributed by atoms with E-state index in [2.05, 4.69) is 22.3 Å². The Labute approximate surface area is 129 Å². The number of hydrogen-bond donors (Lipinski definition) is 1. The van der Waals surface area contributed by atoms with E-state index < -0.39 is 0 Å². The van der Waals surface area contributed by atoms with Crippen LogP contribution in [0.5, 0.6) is 0 Å². The number of carbonyl (C=O) groups excluding carboxylic acids is 1. The van der Waals surface area contributed by atoms with Gasteiger partial charge in [0, 0.05) is 19.0 Å². The topological polar surface area (TPSA) is 75.0 Å². The third-order valence-corrected chi connectivity index (χ3v) is 4.24. The second-order valence-electron chi connectivity index (χ2n) is 5.91. The first kappa shape index (κ1) is 14.8. The summed E-state index contributed by atoms with van der Waals surface area (Å²) in [6, 6.07) is 1.83. The molecule has 6 heteroatoms. The summed E-state index contributed by atoms with van der Waals surface area (Å²) in [5.41, 5.74) is 2.54. The molecule has 1 saturated heterocycles. The third kappa shape index (κ3) is 2.77. The lowest BCUT2D eigenvalue weighted by atomic mass is 9.97. The van der Waals surface area contributed by atoms with Crippen LogP contribution in [0.25, 0.3) is 0 Å². The Balaban J connectivity index is 1.83. The summed E-state index contributed by atoms with van der Waals surface area (Å²) in [5, 5.41) is 11.1. The summed E-state index contributed by atoms with van der Waals surface area (Å²) in [7, 11) is 0. The number of likely N-dealkylation sites (tertiary alicyclic amines) is 1. The van der Waals surface area contributed by atoms with Crippen LogP contribution in [0.4, 0.5) is 0 Å². The zero-order valence-electron chi connectivity index (χ0n) is 13.1. The highest BCUT2D eigenvalue weighted by molar-refractivity contribution is 5.92. The number of hydrogen-bond acceptors (Lipinski definition) is 4. The van der Waals surface area contributed by atoms with E-state index >= 15 is 0 Å². The molecule has 2 aromatic rings. The minimum atomic E-state index is -0.0511. The van der Waals surface area contributed by atoms with E-state index in [9.17, 15) is 4.79 Å². The molecule has 1 unspecified atom stereocenters. The first-order valence-corrected chi connectivity index (χ1v) is 7.97. The number of aromatic nitrogens is 3. The van der Waals surface area contributed by atoms with Gasteiger partial charge in [-0.25, -0.2) is 0 Å². The Morgan fingerprint density at radius 3 is 3.09 bits per heavy atom. The molecule has 22 heavy (non-hydrogen) atoms. The van der Waals surface area contributed by atoms with Gasteiger partial charge in [0.05, 0.1) is 17.9 Å². The van der Waals surface area contributed by atoms with Gasteiger partial charge < -0.3 is 9.42 Å². The fourth-order valence-corrected chi connectivity index (χ4v) is 3.09. The van der Waals surface area contributed by atoms with E-state index in [1.54, 1.807) is 6.07 Å². The molecule has 0 saturated carbocycles. The summed E-state index contributed by atoms with van der Waals surface area (Å²) in [6.45, 7) is 4.84. The number of amides is 1. The van der Waals surface area contributed by atoms with Crippen molar-refractivity contribution in [2.75, 3.05) is 6.54 Å². The maximum Gasteiger partial charge on any atom is 0.276 e. The van der Waals surface area contributed by atoms with Crippen molar-refractivity contribution in [3.63, 3.8) is 0 Å². The van der Waals surface area contributed by atoms with Gasteiger partial charge in [-0.2, -0.15) is 5.10 Å². The fourth-order valence-electron chi connectivity index (χ4n) is 3.09. The standard InChI is InChI=1S/C16H22N4O2/c1-3-6-12-9-13(19-22-12)16(21)20-8-5-4-7-14(20)15-11(2)10-17-18-15/h9-10,14H,3-8H2,1-2H3,(H,17,18). The Bertz CT molecular complexity index is 646. The molecule has 3 heterocycles. The first-order chi connectivity index (χ1) is 10.7. The van der Waals surface area contributed by atoms with E-state index in [1.165, 1.54) is 0 Å². The van der Waals surface area contributed by atoms with Crippen LogP contribution < -0.4 is 0 Å². The molecule has 0 radical (unpaired) electrons. The van der Waals surface area contributed by atoms with Crippen molar-refractivity contribution in [1.82, 2.24) is 20.3 Å². The van der Waals surface area contributed by atoms with Crippen molar-refractivity contribution >= 4 is 5.91 Å². The van der Waals surface area contributed by atoms with Crippen LogP contribution in [0.1, 0.15) is 66.2 Å². The summed E-state index contributed by atoms with van der Waals surface area (Å²) < 4.78 is 5.25. The number of piperidine rings is 1. The molecule has 1 atom stereocenters. The van der Waals surface area contributed by atoms with Crippen LogP contribution in [-0.4, -0.2) is 32.7 Å². The zero-order chi connectivity index (χ0) is 15.5. The third-order valence-electron chi connectivity index (χ3n) is 4.24. The molecule has 6 nitrogen and oxygen atoms in total. The highest BCUT2D eigenvalue weighted by Crippen LogP contribution is 2.32. The van der Waals surface area contributed by atoms with Crippen molar-refractivity contribution in [1.29, 1.82) is 0 Å².